The van der Waals surface area contributed by atoms with E-state index in [4.69, 9.17) is 0 Å². The summed E-state index contributed by atoms with van der Waals surface area (Å²) in [6.45, 7) is 7.95. The van der Waals surface area contributed by atoms with Crippen molar-refractivity contribution in [2.45, 2.75) is 33.1 Å². The van der Waals surface area contributed by atoms with Gasteiger partial charge in [0.1, 0.15) is 0 Å². The van der Waals surface area contributed by atoms with Crippen LogP contribution >= 0.6 is 0 Å². The highest BCUT2D eigenvalue weighted by molar-refractivity contribution is 5.96. The fourth-order valence-corrected chi connectivity index (χ4v) is 1.55. The van der Waals surface area contributed by atoms with Crippen molar-refractivity contribution in [2.75, 3.05) is 0 Å². The van der Waals surface area contributed by atoms with E-state index in [1.54, 1.807) is 0 Å². The maximum Gasteiger partial charge on any atom is 0.158 e. The second kappa shape index (κ2) is 3.26. The summed E-state index contributed by atoms with van der Waals surface area (Å²) in [5.41, 5.74) is 1.03. The van der Waals surface area contributed by atoms with E-state index in [1.807, 2.05) is 13.0 Å². The first-order valence-corrected chi connectivity index (χ1v) is 4.50. The van der Waals surface area contributed by atoms with E-state index in [-0.39, 0.29) is 5.41 Å². The Morgan fingerprint density at radius 1 is 1.75 bits per heavy atom. The maximum atomic E-state index is 11.3. The number of carbonyl (C=O) groups excluding carboxylic acids is 1. The van der Waals surface area contributed by atoms with Crippen molar-refractivity contribution in [1.29, 1.82) is 0 Å². The van der Waals surface area contributed by atoms with Crippen molar-refractivity contribution in [3.8, 4) is 0 Å². The zero-order chi connectivity index (χ0) is 9.19. The first-order valence-electron chi connectivity index (χ1n) is 4.50. The molecule has 0 spiro atoms. The van der Waals surface area contributed by atoms with Crippen LogP contribution in [0.4, 0.5) is 0 Å². The molecule has 0 radical (unpaired) electrons. The highest BCUT2D eigenvalue weighted by Gasteiger charge is 2.25. The van der Waals surface area contributed by atoms with Crippen molar-refractivity contribution < 1.29 is 4.79 Å². The lowest BCUT2D eigenvalue weighted by Gasteiger charge is -2.27. The summed E-state index contributed by atoms with van der Waals surface area (Å²) in [7, 11) is 0. The van der Waals surface area contributed by atoms with Gasteiger partial charge in [0, 0.05) is 11.8 Å². The van der Waals surface area contributed by atoms with Crippen LogP contribution in [-0.2, 0) is 4.79 Å². The molecule has 1 nitrogen and oxygen atoms in total. The molecule has 1 heteroatoms. The average Bonchev–Trinajstić information content (AvgIpc) is 2.10. The van der Waals surface area contributed by atoms with Crippen LogP contribution < -0.4 is 0 Å². The minimum absolute atomic E-state index is 0.0548. The smallest absolute Gasteiger partial charge is 0.158 e. The monoisotopic (exact) mass is 164 g/mol. The van der Waals surface area contributed by atoms with Gasteiger partial charge in [-0.15, -0.1) is 6.58 Å². The van der Waals surface area contributed by atoms with Gasteiger partial charge in [0.25, 0.3) is 0 Å². The van der Waals surface area contributed by atoms with Crippen LogP contribution in [0.15, 0.2) is 24.3 Å². The first-order chi connectivity index (χ1) is 5.61. The van der Waals surface area contributed by atoms with Gasteiger partial charge < -0.3 is 0 Å². The molecule has 0 bridgehead atoms. The second-order valence-electron chi connectivity index (χ2n) is 3.66. The summed E-state index contributed by atoms with van der Waals surface area (Å²) in [5, 5.41) is 0. The molecule has 12 heavy (non-hydrogen) atoms. The fraction of sp³-hybridized carbons (Fsp3) is 0.545. The molecule has 0 heterocycles. The number of ketones is 1. The van der Waals surface area contributed by atoms with E-state index in [2.05, 4.69) is 19.6 Å². The SMILES string of the molecule is C=CC1(C)C=C(CC)C(=O)CC1. The van der Waals surface area contributed by atoms with E-state index in [9.17, 15) is 4.79 Å². The number of carbonyl (C=O) groups is 1. The van der Waals surface area contributed by atoms with Crippen molar-refractivity contribution in [3.05, 3.63) is 24.3 Å². The predicted octanol–water partition coefficient (Wildman–Crippen LogP) is 2.88. The number of Topliss-reactive ketones (excluding diaryl/α,β-unsaturated/α-hetero) is 1. The van der Waals surface area contributed by atoms with E-state index in [0.717, 1.165) is 18.4 Å². The zero-order valence-electron chi connectivity index (χ0n) is 7.89. The maximum absolute atomic E-state index is 11.3. The lowest BCUT2D eigenvalue weighted by molar-refractivity contribution is -0.116. The Hall–Kier alpha value is -0.850. The van der Waals surface area contributed by atoms with Crippen molar-refractivity contribution in [2.24, 2.45) is 5.41 Å². The number of rotatable bonds is 2. The minimum atomic E-state index is 0.0548. The molecule has 1 unspecified atom stereocenters. The van der Waals surface area contributed by atoms with E-state index >= 15 is 0 Å². The Kier molecular flexibility index (Phi) is 2.51. The van der Waals surface area contributed by atoms with Crippen molar-refractivity contribution in [1.82, 2.24) is 0 Å². The molecule has 0 fully saturated rings. The molecule has 0 N–H and O–H groups in total. The third kappa shape index (κ3) is 1.66. The molecule has 0 amide bonds. The van der Waals surface area contributed by atoms with Crippen LogP contribution in [0, 0.1) is 5.41 Å². The van der Waals surface area contributed by atoms with Gasteiger partial charge >= 0.3 is 0 Å². The van der Waals surface area contributed by atoms with Crippen molar-refractivity contribution >= 4 is 5.78 Å². The molecule has 0 saturated heterocycles. The van der Waals surface area contributed by atoms with Gasteiger partial charge in [-0.2, -0.15) is 0 Å². The third-order valence-corrected chi connectivity index (χ3v) is 2.60. The second-order valence-corrected chi connectivity index (χ2v) is 3.66. The molecule has 0 aliphatic heterocycles. The lowest BCUT2D eigenvalue weighted by Crippen LogP contribution is -2.20. The molecular weight excluding hydrogens is 148 g/mol. The molecule has 0 aromatic heterocycles. The predicted molar refractivity (Wildman–Crippen MR) is 50.9 cm³/mol. The zero-order valence-corrected chi connectivity index (χ0v) is 7.89. The van der Waals surface area contributed by atoms with E-state index in [0.29, 0.717) is 12.2 Å². The van der Waals surface area contributed by atoms with Gasteiger partial charge in [0.15, 0.2) is 5.78 Å². The van der Waals surface area contributed by atoms with Gasteiger partial charge in [-0.1, -0.05) is 26.0 Å². The molecule has 0 aromatic carbocycles. The fourth-order valence-electron chi connectivity index (χ4n) is 1.55. The Morgan fingerprint density at radius 2 is 2.42 bits per heavy atom. The summed E-state index contributed by atoms with van der Waals surface area (Å²) in [4.78, 5) is 11.3. The van der Waals surface area contributed by atoms with Crippen LogP contribution in [0.3, 0.4) is 0 Å². The lowest BCUT2D eigenvalue weighted by atomic mass is 9.77. The van der Waals surface area contributed by atoms with Gasteiger partial charge in [-0.05, 0) is 18.4 Å². The highest BCUT2D eigenvalue weighted by atomic mass is 16.1. The summed E-state index contributed by atoms with van der Waals surface area (Å²) in [6.07, 6.45) is 6.46. The molecule has 0 saturated carbocycles. The molecule has 0 aromatic rings. The molecule has 1 aliphatic carbocycles. The van der Waals surface area contributed by atoms with Crippen LogP contribution in [0.1, 0.15) is 33.1 Å². The normalized spacial score (nSPS) is 29.8. The van der Waals surface area contributed by atoms with Crippen molar-refractivity contribution in [3.63, 3.8) is 0 Å². The molecule has 1 atom stereocenters. The number of hydrogen-bond acceptors (Lipinski definition) is 1. The summed E-state index contributed by atoms with van der Waals surface area (Å²) in [5.74, 6) is 0.317. The summed E-state index contributed by atoms with van der Waals surface area (Å²) < 4.78 is 0. The average molecular weight is 164 g/mol. The Morgan fingerprint density at radius 3 is 2.92 bits per heavy atom. The standard InChI is InChI=1S/C11H16O/c1-4-9-8-11(3,5-2)7-6-10(9)12/h5,8H,2,4,6-7H2,1,3H3. The number of allylic oxidation sites excluding steroid dienone is 3. The molecular formula is C11H16O. The largest absolute Gasteiger partial charge is 0.295 e. The topological polar surface area (TPSA) is 17.1 Å². The highest BCUT2D eigenvalue weighted by Crippen LogP contribution is 2.33. The Labute approximate surface area is 74.2 Å². The van der Waals surface area contributed by atoms with Crippen LogP contribution in [0.2, 0.25) is 0 Å². The third-order valence-electron chi connectivity index (χ3n) is 2.60. The van der Waals surface area contributed by atoms with Crippen LogP contribution in [0.25, 0.3) is 0 Å². The summed E-state index contributed by atoms with van der Waals surface area (Å²) >= 11 is 0. The molecule has 1 rings (SSSR count). The Balaban J connectivity index is 2.94. The van der Waals surface area contributed by atoms with Crippen LogP contribution in [-0.4, -0.2) is 5.78 Å². The van der Waals surface area contributed by atoms with Crippen LogP contribution in [0.5, 0.6) is 0 Å². The summed E-state index contributed by atoms with van der Waals surface area (Å²) in [6, 6.07) is 0. The first kappa shape index (κ1) is 9.24. The van der Waals surface area contributed by atoms with Gasteiger partial charge in [0.2, 0.25) is 0 Å². The Bertz CT molecular complexity index is 237. The number of hydrogen-bond donors (Lipinski definition) is 0. The van der Waals surface area contributed by atoms with E-state index < -0.39 is 0 Å². The quantitative estimate of drug-likeness (QED) is 0.573. The van der Waals surface area contributed by atoms with Gasteiger partial charge in [-0.3, -0.25) is 4.79 Å². The molecule has 66 valence electrons. The molecule has 1 aliphatic rings. The van der Waals surface area contributed by atoms with Gasteiger partial charge in [0.05, 0.1) is 0 Å². The van der Waals surface area contributed by atoms with Gasteiger partial charge in [-0.25, -0.2) is 0 Å². The minimum Gasteiger partial charge on any atom is -0.295 e. The van der Waals surface area contributed by atoms with E-state index in [1.165, 1.54) is 0 Å².